The van der Waals surface area contributed by atoms with E-state index in [1.807, 2.05) is 66.7 Å². The van der Waals surface area contributed by atoms with E-state index in [1.165, 1.54) is 0 Å². The van der Waals surface area contributed by atoms with Crippen molar-refractivity contribution in [3.05, 3.63) is 96.6 Å². The number of nitrogens with zero attached hydrogens (tertiary/aromatic N) is 4. The van der Waals surface area contributed by atoms with Gasteiger partial charge in [0.2, 0.25) is 0 Å². The van der Waals surface area contributed by atoms with Gasteiger partial charge in [0.15, 0.2) is 0 Å². The Labute approximate surface area is 169 Å². The van der Waals surface area contributed by atoms with Gasteiger partial charge in [-0.2, -0.15) is 15.3 Å². The van der Waals surface area contributed by atoms with Gasteiger partial charge in [-0.05, 0) is 60.3 Å². The number of benzene rings is 4. The third-order valence-corrected chi connectivity index (χ3v) is 4.55. The zero-order valence-electron chi connectivity index (χ0n) is 15.9. The summed E-state index contributed by atoms with van der Waals surface area (Å²) >= 11 is 0. The minimum absolute atomic E-state index is 0.571. The first-order valence-electron chi connectivity index (χ1n) is 9.53. The summed E-state index contributed by atoms with van der Waals surface area (Å²) in [6.45, 7) is 0.571. The monoisotopic (exact) mass is 379 g/mol. The maximum Gasteiger partial charge on any atom is 0.0967 e. The molecule has 0 unspecified atom stereocenters. The fourth-order valence-corrected chi connectivity index (χ4v) is 3.08. The van der Waals surface area contributed by atoms with E-state index < -0.39 is 0 Å². The summed E-state index contributed by atoms with van der Waals surface area (Å²) in [6.07, 6.45) is 0.762. The highest BCUT2D eigenvalue weighted by atomic mass is 15.1. The third-order valence-electron chi connectivity index (χ3n) is 4.55. The summed E-state index contributed by atoms with van der Waals surface area (Å²) in [7, 11) is 0. The van der Waals surface area contributed by atoms with Gasteiger partial charge in [0.05, 0.1) is 22.7 Å². The van der Waals surface area contributed by atoms with Crippen molar-refractivity contribution < 1.29 is 0 Å². The Kier molecular flexibility index (Phi) is 5.78. The van der Waals surface area contributed by atoms with Crippen molar-refractivity contribution in [2.45, 2.75) is 6.42 Å². The van der Waals surface area contributed by atoms with Gasteiger partial charge in [0.25, 0.3) is 0 Å². The molecule has 142 valence electrons. The van der Waals surface area contributed by atoms with Crippen LogP contribution in [0.5, 0.6) is 0 Å². The standard InChI is InChI=1S/C24H21N5/c25-17-16-19-11-10-18-6-4-5-9-23(18)24(19)29-28-22-14-12-21(13-15-22)27-26-20-7-2-1-3-8-20/h1-15H,16-17,25H2. The maximum atomic E-state index is 5.78. The van der Waals surface area contributed by atoms with E-state index >= 15 is 0 Å². The molecule has 0 saturated carbocycles. The Morgan fingerprint density at radius 2 is 1.14 bits per heavy atom. The van der Waals surface area contributed by atoms with Crippen molar-refractivity contribution in [3.63, 3.8) is 0 Å². The molecule has 5 heteroatoms. The first-order valence-corrected chi connectivity index (χ1v) is 9.53. The second kappa shape index (κ2) is 8.99. The molecule has 4 rings (SSSR count). The Hall–Kier alpha value is -3.70. The van der Waals surface area contributed by atoms with E-state index in [0.717, 1.165) is 45.5 Å². The van der Waals surface area contributed by atoms with Gasteiger partial charge >= 0.3 is 0 Å². The zero-order chi connectivity index (χ0) is 19.9. The molecular formula is C24H21N5. The molecule has 4 aromatic rings. The number of hydrogen-bond acceptors (Lipinski definition) is 5. The minimum atomic E-state index is 0.571. The van der Waals surface area contributed by atoms with Crippen LogP contribution in [0.1, 0.15) is 5.56 Å². The molecule has 0 saturated heterocycles. The van der Waals surface area contributed by atoms with E-state index in [-0.39, 0.29) is 0 Å². The van der Waals surface area contributed by atoms with Gasteiger partial charge in [-0.1, -0.05) is 54.6 Å². The largest absolute Gasteiger partial charge is 0.330 e. The minimum Gasteiger partial charge on any atom is -0.330 e. The molecule has 2 N–H and O–H groups in total. The molecule has 4 aromatic carbocycles. The van der Waals surface area contributed by atoms with Crippen LogP contribution in [0.2, 0.25) is 0 Å². The molecule has 0 bridgehead atoms. The smallest absolute Gasteiger partial charge is 0.0967 e. The van der Waals surface area contributed by atoms with Crippen LogP contribution in [0, 0.1) is 0 Å². The predicted octanol–water partition coefficient (Wildman–Crippen LogP) is 7.17. The summed E-state index contributed by atoms with van der Waals surface area (Å²) in [5.41, 5.74) is 10.1. The normalized spacial score (nSPS) is 11.6. The van der Waals surface area contributed by atoms with Crippen LogP contribution >= 0.6 is 0 Å². The highest BCUT2D eigenvalue weighted by Crippen LogP contribution is 2.32. The second-order valence-corrected chi connectivity index (χ2v) is 6.59. The van der Waals surface area contributed by atoms with Crippen molar-refractivity contribution in [2.24, 2.45) is 26.2 Å². The SMILES string of the molecule is NCCc1ccc2ccccc2c1N=Nc1ccc(N=Nc2ccccc2)cc1. The molecule has 0 heterocycles. The second-order valence-electron chi connectivity index (χ2n) is 6.59. The summed E-state index contributed by atoms with van der Waals surface area (Å²) in [5, 5.41) is 19.7. The van der Waals surface area contributed by atoms with Gasteiger partial charge in [0.1, 0.15) is 0 Å². The molecule has 0 amide bonds. The molecule has 0 fully saturated rings. The first-order chi connectivity index (χ1) is 14.3. The Bertz CT molecular complexity index is 1150. The summed E-state index contributed by atoms with van der Waals surface area (Å²) in [5.74, 6) is 0. The van der Waals surface area contributed by atoms with Gasteiger partial charge < -0.3 is 5.73 Å². The highest BCUT2D eigenvalue weighted by Gasteiger charge is 2.06. The summed E-state index contributed by atoms with van der Waals surface area (Å²) in [4.78, 5) is 0. The van der Waals surface area contributed by atoms with Crippen LogP contribution in [-0.2, 0) is 6.42 Å². The quantitative estimate of drug-likeness (QED) is 0.354. The predicted molar refractivity (Wildman–Crippen MR) is 118 cm³/mol. The van der Waals surface area contributed by atoms with Crippen molar-refractivity contribution in [3.8, 4) is 0 Å². The lowest BCUT2D eigenvalue weighted by Crippen LogP contribution is -2.02. The summed E-state index contributed by atoms with van der Waals surface area (Å²) < 4.78 is 0. The van der Waals surface area contributed by atoms with E-state index in [4.69, 9.17) is 5.73 Å². The van der Waals surface area contributed by atoms with Crippen molar-refractivity contribution >= 4 is 33.5 Å². The van der Waals surface area contributed by atoms with Gasteiger partial charge in [0, 0.05) is 5.39 Å². The summed E-state index contributed by atoms with van der Waals surface area (Å²) in [6, 6.07) is 29.5. The molecule has 5 nitrogen and oxygen atoms in total. The average molecular weight is 379 g/mol. The molecule has 0 aliphatic rings. The van der Waals surface area contributed by atoms with Crippen LogP contribution < -0.4 is 5.73 Å². The molecule has 0 radical (unpaired) electrons. The molecule has 29 heavy (non-hydrogen) atoms. The third kappa shape index (κ3) is 4.59. The van der Waals surface area contributed by atoms with E-state index in [0.29, 0.717) is 6.54 Å². The van der Waals surface area contributed by atoms with Crippen LogP contribution in [0.25, 0.3) is 10.8 Å². The molecule has 0 aliphatic heterocycles. The fourth-order valence-electron chi connectivity index (χ4n) is 3.08. The van der Waals surface area contributed by atoms with Crippen LogP contribution in [0.4, 0.5) is 22.7 Å². The molecule has 0 spiro atoms. The number of fused-ring (bicyclic) bond motifs is 1. The Morgan fingerprint density at radius 3 is 1.83 bits per heavy atom. The number of nitrogens with two attached hydrogens (primary N) is 1. The average Bonchev–Trinajstić information content (AvgIpc) is 2.78. The van der Waals surface area contributed by atoms with E-state index in [1.54, 1.807) is 0 Å². The van der Waals surface area contributed by atoms with Crippen molar-refractivity contribution in [1.29, 1.82) is 0 Å². The van der Waals surface area contributed by atoms with Crippen LogP contribution in [0.3, 0.4) is 0 Å². The fraction of sp³-hybridized carbons (Fsp3) is 0.0833. The molecular weight excluding hydrogens is 358 g/mol. The maximum absolute atomic E-state index is 5.78. The number of rotatable bonds is 6. The van der Waals surface area contributed by atoms with Crippen molar-refractivity contribution in [2.75, 3.05) is 6.54 Å². The number of azo groups is 2. The molecule has 0 atom stereocenters. The van der Waals surface area contributed by atoms with Crippen molar-refractivity contribution in [1.82, 2.24) is 0 Å². The van der Waals surface area contributed by atoms with Crippen LogP contribution in [0.15, 0.2) is 111 Å². The molecule has 0 aliphatic carbocycles. The topological polar surface area (TPSA) is 75.5 Å². The molecule has 0 aromatic heterocycles. The zero-order valence-corrected chi connectivity index (χ0v) is 15.9. The van der Waals surface area contributed by atoms with Gasteiger partial charge in [-0.3, -0.25) is 0 Å². The lowest BCUT2D eigenvalue weighted by Gasteiger charge is -2.07. The van der Waals surface area contributed by atoms with Gasteiger partial charge in [-0.25, -0.2) is 0 Å². The number of hydrogen-bond donors (Lipinski definition) is 1. The first kappa shape index (κ1) is 18.7. The Balaban J connectivity index is 1.58. The Morgan fingerprint density at radius 1 is 0.552 bits per heavy atom. The van der Waals surface area contributed by atoms with Crippen LogP contribution in [-0.4, -0.2) is 6.54 Å². The highest BCUT2D eigenvalue weighted by molar-refractivity contribution is 5.94. The lowest BCUT2D eigenvalue weighted by molar-refractivity contribution is 0.966. The van der Waals surface area contributed by atoms with E-state index in [9.17, 15) is 0 Å². The lowest BCUT2D eigenvalue weighted by atomic mass is 10.0. The van der Waals surface area contributed by atoms with Gasteiger partial charge in [-0.15, -0.1) is 5.11 Å². The van der Waals surface area contributed by atoms with E-state index in [2.05, 4.69) is 44.7 Å².